The van der Waals surface area contributed by atoms with Gasteiger partial charge in [-0.3, -0.25) is 0 Å². The molecule has 0 bridgehead atoms. The van der Waals surface area contributed by atoms with Crippen LogP contribution < -0.4 is 5.32 Å². The first kappa shape index (κ1) is 14.6. The lowest BCUT2D eigenvalue weighted by molar-refractivity contribution is 0.625. The van der Waals surface area contributed by atoms with Crippen molar-refractivity contribution in [1.82, 2.24) is 0 Å². The number of para-hydroxylation sites is 1. The molecule has 2 rings (SSSR count). The van der Waals surface area contributed by atoms with Gasteiger partial charge >= 0.3 is 0 Å². The predicted octanol–water partition coefficient (Wildman–Crippen LogP) is 5.26. The molecule has 0 fully saturated rings. The van der Waals surface area contributed by atoms with Crippen LogP contribution in [-0.2, 0) is 6.42 Å². The van der Waals surface area contributed by atoms with Crippen LogP contribution in [-0.4, -0.2) is 0 Å². The number of nitrogens with one attached hydrogen (secondary N) is 1. The van der Waals surface area contributed by atoms with E-state index >= 15 is 0 Å². The summed E-state index contributed by atoms with van der Waals surface area (Å²) in [6.45, 7) is 6.43. The molecule has 20 heavy (non-hydrogen) atoms. The highest BCUT2D eigenvalue weighted by molar-refractivity contribution is 5.58. The van der Waals surface area contributed by atoms with Crippen LogP contribution in [0.2, 0.25) is 0 Å². The molecule has 1 nitrogen and oxygen atoms in total. The molecule has 1 atom stereocenters. The van der Waals surface area contributed by atoms with E-state index < -0.39 is 0 Å². The van der Waals surface area contributed by atoms with Gasteiger partial charge in [0.25, 0.3) is 0 Å². The number of hydrogen-bond acceptors (Lipinski definition) is 1. The predicted molar refractivity (Wildman–Crippen MR) is 83.6 cm³/mol. The molecule has 0 aliphatic carbocycles. The SMILES string of the molecule is CCc1cccc(C)c1NC(CC)c1ccc(F)cc1. The minimum atomic E-state index is -0.186. The molecule has 0 radical (unpaired) electrons. The topological polar surface area (TPSA) is 12.0 Å². The van der Waals surface area contributed by atoms with Crippen molar-refractivity contribution < 1.29 is 4.39 Å². The molecule has 0 spiro atoms. The van der Waals surface area contributed by atoms with Crippen molar-refractivity contribution in [2.45, 2.75) is 39.7 Å². The fourth-order valence-electron chi connectivity index (χ4n) is 2.52. The van der Waals surface area contributed by atoms with Gasteiger partial charge in [0.2, 0.25) is 0 Å². The average molecular weight is 271 g/mol. The number of aryl methyl sites for hydroxylation is 2. The third kappa shape index (κ3) is 3.19. The van der Waals surface area contributed by atoms with Gasteiger partial charge < -0.3 is 5.32 Å². The molecule has 0 saturated heterocycles. The molecule has 0 saturated carbocycles. The molecule has 0 heterocycles. The van der Waals surface area contributed by atoms with Gasteiger partial charge in [0.15, 0.2) is 0 Å². The highest BCUT2D eigenvalue weighted by Gasteiger charge is 2.12. The molecule has 2 heteroatoms. The third-order valence-corrected chi connectivity index (χ3v) is 3.74. The van der Waals surface area contributed by atoms with E-state index in [2.05, 4.69) is 44.3 Å². The zero-order valence-corrected chi connectivity index (χ0v) is 12.4. The molecule has 0 aliphatic rings. The first-order valence-corrected chi connectivity index (χ1v) is 7.26. The van der Waals surface area contributed by atoms with Gasteiger partial charge in [0.05, 0.1) is 6.04 Å². The maximum atomic E-state index is 13.0. The number of anilines is 1. The van der Waals surface area contributed by atoms with Crippen molar-refractivity contribution in [3.05, 3.63) is 65.0 Å². The molecule has 0 amide bonds. The Morgan fingerprint density at radius 2 is 1.75 bits per heavy atom. The van der Waals surface area contributed by atoms with Crippen LogP contribution in [0, 0.1) is 12.7 Å². The first-order chi connectivity index (χ1) is 9.65. The number of rotatable bonds is 5. The number of benzene rings is 2. The quantitative estimate of drug-likeness (QED) is 0.782. The Hall–Kier alpha value is -1.83. The number of hydrogen-bond donors (Lipinski definition) is 1. The van der Waals surface area contributed by atoms with Crippen molar-refractivity contribution >= 4 is 5.69 Å². The van der Waals surface area contributed by atoms with Crippen molar-refractivity contribution in [3.8, 4) is 0 Å². The molecule has 1 N–H and O–H groups in total. The van der Waals surface area contributed by atoms with Crippen LogP contribution >= 0.6 is 0 Å². The van der Waals surface area contributed by atoms with E-state index in [1.165, 1.54) is 28.9 Å². The summed E-state index contributed by atoms with van der Waals surface area (Å²) >= 11 is 0. The summed E-state index contributed by atoms with van der Waals surface area (Å²) in [6.07, 6.45) is 1.97. The number of halogens is 1. The minimum Gasteiger partial charge on any atom is -0.378 e. The maximum absolute atomic E-state index is 13.0. The summed E-state index contributed by atoms with van der Waals surface area (Å²) in [5, 5.41) is 3.63. The normalized spacial score (nSPS) is 12.2. The Morgan fingerprint density at radius 1 is 1.05 bits per heavy atom. The molecular formula is C18H22FN. The zero-order valence-electron chi connectivity index (χ0n) is 12.4. The lowest BCUT2D eigenvalue weighted by Crippen LogP contribution is -2.12. The molecule has 106 valence electrons. The van der Waals surface area contributed by atoms with Crippen molar-refractivity contribution in [2.24, 2.45) is 0 Å². The molecular weight excluding hydrogens is 249 g/mol. The summed E-state index contributed by atoms with van der Waals surface area (Å²) in [7, 11) is 0. The summed E-state index contributed by atoms with van der Waals surface area (Å²) in [5.74, 6) is -0.186. The van der Waals surface area contributed by atoms with Crippen LogP contribution in [0.15, 0.2) is 42.5 Å². The minimum absolute atomic E-state index is 0.186. The van der Waals surface area contributed by atoms with Crippen molar-refractivity contribution in [3.63, 3.8) is 0 Å². The van der Waals surface area contributed by atoms with Gasteiger partial charge in [-0.15, -0.1) is 0 Å². The van der Waals surface area contributed by atoms with Crippen molar-refractivity contribution in [1.29, 1.82) is 0 Å². The van der Waals surface area contributed by atoms with Crippen LogP contribution in [0.1, 0.15) is 43.0 Å². The lowest BCUT2D eigenvalue weighted by Gasteiger charge is -2.22. The van der Waals surface area contributed by atoms with E-state index in [9.17, 15) is 4.39 Å². The highest BCUT2D eigenvalue weighted by Crippen LogP contribution is 2.28. The largest absolute Gasteiger partial charge is 0.378 e. The second-order valence-corrected chi connectivity index (χ2v) is 5.12. The summed E-state index contributed by atoms with van der Waals surface area (Å²) in [5.41, 5.74) is 4.92. The zero-order chi connectivity index (χ0) is 14.5. The molecule has 2 aromatic rings. The van der Waals surface area contributed by atoms with Crippen molar-refractivity contribution in [2.75, 3.05) is 5.32 Å². The standard InChI is InChI=1S/C18H22FN/c1-4-14-8-6-7-13(3)18(14)20-17(5-2)15-9-11-16(19)12-10-15/h6-12,17,20H,4-5H2,1-3H3. The van der Waals surface area contributed by atoms with Gasteiger partial charge in [-0.1, -0.05) is 44.2 Å². The Kier molecular flexibility index (Phi) is 4.78. The van der Waals surface area contributed by atoms with E-state index in [0.717, 1.165) is 18.4 Å². The monoisotopic (exact) mass is 271 g/mol. The Labute approximate surface area is 120 Å². The highest BCUT2D eigenvalue weighted by atomic mass is 19.1. The summed E-state index contributed by atoms with van der Waals surface area (Å²) in [6, 6.07) is 13.4. The second kappa shape index (κ2) is 6.56. The van der Waals surface area contributed by atoms with E-state index in [4.69, 9.17) is 0 Å². The molecule has 0 aromatic heterocycles. The van der Waals surface area contributed by atoms with Crippen LogP contribution in [0.3, 0.4) is 0 Å². The lowest BCUT2D eigenvalue weighted by atomic mass is 10.0. The second-order valence-electron chi connectivity index (χ2n) is 5.12. The van der Waals surface area contributed by atoms with Gasteiger partial charge in [-0.25, -0.2) is 4.39 Å². The average Bonchev–Trinajstić information content (AvgIpc) is 2.47. The smallest absolute Gasteiger partial charge is 0.123 e. The van der Waals surface area contributed by atoms with Crippen LogP contribution in [0.25, 0.3) is 0 Å². The van der Waals surface area contributed by atoms with Gasteiger partial charge in [-0.05, 0) is 48.6 Å². The summed E-state index contributed by atoms with van der Waals surface area (Å²) < 4.78 is 13.0. The van der Waals surface area contributed by atoms with Gasteiger partial charge in [-0.2, -0.15) is 0 Å². The van der Waals surface area contributed by atoms with Crippen LogP contribution in [0.4, 0.5) is 10.1 Å². The van der Waals surface area contributed by atoms with Gasteiger partial charge in [0.1, 0.15) is 5.82 Å². The maximum Gasteiger partial charge on any atom is 0.123 e. The molecule has 0 aliphatic heterocycles. The fraction of sp³-hybridized carbons (Fsp3) is 0.333. The molecule has 2 aromatic carbocycles. The first-order valence-electron chi connectivity index (χ1n) is 7.26. The van der Waals surface area contributed by atoms with E-state index in [1.54, 1.807) is 0 Å². The fourth-order valence-corrected chi connectivity index (χ4v) is 2.52. The molecule has 1 unspecified atom stereocenters. The Bertz CT molecular complexity index is 560. The van der Waals surface area contributed by atoms with E-state index in [0.29, 0.717) is 0 Å². The van der Waals surface area contributed by atoms with Crippen LogP contribution in [0.5, 0.6) is 0 Å². The Balaban J connectivity index is 2.29. The van der Waals surface area contributed by atoms with E-state index in [-0.39, 0.29) is 11.9 Å². The van der Waals surface area contributed by atoms with E-state index in [1.807, 2.05) is 12.1 Å². The van der Waals surface area contributed by atoms with Gasteiger partial charge in [0, 0.05) is 5.69 Å². The summed E-state index contributed by atoms with van der Waals surface area (Å²) in [4.78, 5) is 0. The Morgan fingerprint density at radius 3 is 2.35 bits per heavy atom. The third-order valence-electron chi connectivity index (χ3n) is 3.74.